The summed E-state index contributed by atoms with van der Waals surface area (Å²) in [5.74, 6) is -1.33. The van der Waals surface area contributed by atoms with E-state index in [-0.39, 0.29) is 12.5 Å². The van der Waals surface area contributed by atoms with Gasteiger partial charge in [0, 0.05) is 23.7 Å². The molecule has 0 aromatic heterocycles. The van der Waals surface area contributed by atoms with E-state index in [9.17, 15) is 9.59 Å². The van der Waals surface area contributed by atoms with Crippen molar-refractivity contribution in [1.82, 2.24) is 9.80 Å². The number of carboxylic acid groups (broad SMARTS) is 1. The Balaban J connectivity index is 2.80. The molecule has 1 rings (SSSR count). The van der Waals surface area contributed by atoms with Crippen molar-refractivity contribution >= 4 is 23.5 Å². The predicted octanol–water partition coefficient (Wildman–Crippen LogP) is 1.43. The maximum absolute atomic E-state index is 12.2. The van der Waals surface area contributed by atoms with Crippen LogP contribution < -0.4 is 0 Å². The van der Waals surface area contributed by atoms with E-state index in [1.807, 2.05) is 19.0 Å². The van der Waals surface area contributed by atoms with Crippen molar-refractivity contribution < 1.29 is 14.7 Å². The van der Waals surface area contributed by atoms with Gasteiger partial charge in [-0.05, 0) is 38.4 Å². The Hall–Kier alpha value is -1.59. The van der Waals surface area contributed by atoms with Gasteiger partial charge in [0.25, 0.3) is 5.91 Å². The summed E-state index contributed by atoms with van der Waals surface area (Å²) in [4.78, 5) is 26.2. The number of carbonyl (C=O) groups excluding carboxylic acids is 1. The van der Waals surface area contributed by atoms with Crippen LogP contribution in [0, 0.1) is 0 Å². The second-order valence-corrected chi connectivity index (χ2v) is 4.87. The number of halogens is 1. The average Bonchev–Trinajstić information content (AvgIpc) is 2.34. The summed E-state index contributed by atoms with van der Waals surface area (Å²) in [6.45, 7) is 0.655. The number of carbonyl (C=O) groups is 2. The van der Waals surface area contributed by atoms with Gasteiger partial charge in [-0.25, -0.2) is 0 Å². The number of aliphatic carboxylic acids is 1. The van der Waals surface area contributed by atoms with Crippen molar-refractivity contribution in [3.05, 3.63) is 34.9 Å². The zero-order valence-electron chi connectivity index (χ0n) is 11.0. The van der Waals surface area contributed by atoms with E-state index in [4.69, 9.17) is 16.7 Å². The first-order valence-electron chi connectivity index (χ1n) is 5.81. The van der Waals surface area contributed by atoms with Crippen LogP contribution in [0.2, 0.25) is 5.02 Å². The Kier molecular flexibility index (Phi) is 5.79. The standard InChI is InChI=1S/C13H17ClN2O3/c1-15(2)7-8-16(9-12(17)18)13(19)10-3-5-11(14)6-4-10/h3-6H,7-9H2,1-2H3,(H,17,18). The molecule has 1 amide bonds. The smallest absolute Gasteiger partial charge is 0.323 e. The van der Waals surface area contributed by atoms with Crippen LogP contribution in [0.15, 0.2) is 24.3 Å². The summed E-state index contributed by atoms with van der Waals surface area (Å²) in [6.07, 6.45) is 0. The monoisotopic (exact) mass is 284 g/mol. The summed E-state index contributed by atoms with van der Waals surface area (Å²) >= 11 is 5.76. The minimum atomic E-state index is -1.03. The van der Waals surface area contributed by atoms with E-state index in [1.165, 1.54) is 4.90 Å². The molecule has 0 heterocycles. The molecule has 0 spiro atoms. The van der Waals surface area contributed by atoms with Gasteiger partial charge in [-0.2, -0.15) is 0 Å². The Bertz CT molecular complexity index is 446. The van der Waals surface area contributed by atoms with Crippen molar-refractivity contribution in [2.75, 3.05) is 33.7 Å². The Morgan fingerprint density at radius 1 is 1.16 bits per heavy atom. The fraction of sp³-hybridized carbons (Fsp3) is 0.385. The topological polar surface area (TPSA) is 60.9 Å². The molecule has 0 saturated carbocycles. The third kappa shape index (κ3) is 5.28. The lowest BCUT2D eigenvalue weighted by Crippen LogP contribution is -2.40. The van der Waals surface area contributed by atoms with Gasteiger partial charge in [-0.15, -0.1) is 0 Å². The number of nitrogens with zero attached hydrogens (tertiary/aromatic N) is 2. The largest absolute Gasteiger partial charge is 0.480 e. The normalized spacial score (nSPS) is 10.5. The van der Waals surface area contributed by atoms with Crippen LogP contribution in [0.1, 0.15) is 10.4 Å². The lowest BCUT2D eigenvalue weighted by atomic mass is 10.2. The maximum atomic E-state index is 12.2. The van der Waals surface area contributed by atoms with Gasteiger partial charge in [0.1, 0.15) is 6.54 Å². The minimum Gasteiger partial charge on any atom is -0.480 e. The number of carboxylic acids is 1. The summed E-state index contributed by atoms with van der Waals surface area (Å²) in [6, 6.07) is 6.41. The first kappa shape index (κ1) is 15.5. The Labute approximate surface area is 117 Å². The first-order chi connectivity index (χ1) is 8.90. The quantitative estimate of drug-likeness (QED) is 0.858. The van der Waals surface area contributed by atoms with Crippen molar-refractivity contribution in [2.45, 2.75) is 0 Å². The first-order valence-corrected chi connectivity index (χ1v) is 6.19. The van der Waals surface area contributed by atoms with Gasteiger partial charge in [0.15, 0.2) is 0 Å². The molecule has 0 aliphatic carbocycles. The van der Waals surface area contributed by atoms with Crippen molar-refractivity contribution in [3.63, 3.8) is 0 Å². The summed E-state index contributed by atoms with van der Waals surface area (Å²) in [5.41, 5.74) is 0.435. The van der Waals surface area contributed by atoms with Gasteiger partial charge < -0.3 is 14.9 Å². The average molecular weight is 285 g/mol. The molecule has 0 aliphatic heterocycles. The molecule has 0 atom stereocenters. The van der Waals surface area contributed by atoms with Crippen LogP contribution in [0.4, 0.5) is 0 Å². The van der Waals surface area contributed by atoms with E-state index in [0.717, 1.165) is 0 Å². The highest BCUT2D eigenvalue weighted by molar-refractivity contribution is 6.30. The zero-order chi connectivity index (χ0) is 14.4. The summed E-state index contributed by atoms with van der Waals surface area (Å²) in [7, 11) is 3.73. The SMILES string of the molecule is CN(C)CCN(CC(=O)O)C(=O)c1ccc(Cl)cc1. The molecular formula is C13H17ClN2O3. The lowest BCUT2D eigenvalue weighted by Gasteiger charge is -2.22. The highest BCUT2D eigenvalue weighted by atomic mass is 35.5. The summed E-state index contributed by atoms with van der Waals surface area (Å²) < 4.78 is 0. The van der Waals surface area contributed by atoms with E-state index in [2.05, 4.69) is 0 Å². The highest BCUT2D eigenvalue weighted by Crippen LogP contribution is 2.11. The molecule has 1 aromatic rings. The highest BCUT2D eigenvalue weighted by Gasteiger charge is 2.18. The summed E-state index contributed by atoms with van der Waals surface area (Å²) in [5, 5.41) is 9.40. The third-order valence-electron chi connectivity index (χ3n) is 2.52. The molecule has 1 N–H and O–H groups in total. The number of benzene rings is 1. The molecule has 1 aromatic carbocycles. The van der Waals surface area contributed by atoms with E-state index in [0.29, 0.717) is 23.7 Å². The fourth-order valence-corrected chi connectivity index (χ4v) is 1.64. The molecule has 5 nitrogen and oxygen atoms in total. The molecule has 19 heavy (non-hydrogen) atoms. The molecule has 0 radical (unpaired) electrons. The third-order valence-corrected chi connectivity index (χ3v) is 2.77. The number of rotatable bonds is 6. The van der Waals surface area contributed by atoms with Crippen LogP contribution in [0.5, 0.6) is 0 Å². The lowest BCUT2D eigenvalue weighted by molar-refractivity contribution is -0.137. The molecular weight excluding hydrogens is 268 g/mol. The molecule has 6 heteroatoms. The maximum Gasteiger partial charge on any atom is 0.323 e. The Morgan fingerprint density at radius 2 is 1.74 bits per heavy atom. The van der Waals surface area contributed by atoms with Gasteiger partial charge in [-0.3, -0.25) is 9.59 Å². The zero-order valence-corrected chi connectivity index (χ0v) is 11.7. The molecule has 0 fully saturated rings. The van der Waals surface area contributed by atoms with Crippen LogP contribution in [0.3, 0.4) is 0 Å². The molecule has 0 bridgehead atoms. The van der Waals surface area contributed by atoms with Gasteiger partial charge in [0.05, 0.1) is 0 Å². The van der Waals surface area contributed by atoms with Crippen LogP contribution in [-0.2, 0) is 4.79 Å². The molecule has 0 saturated heterocycles. The molecule has 0 aliphatic rings. The van der Waals surface area contributed by atoms with Gasteiger partial charge in [-0.1, -0.05) is 11.6 Å². The number of hydrogen-bond acceptors (Lipinski definition) is 3. The number of likely N-dealkylation sites (N-methyl/N-ethyl adjacent to an activating group) is 1. The van der Waals surface area contributed by atoms with E-state index < -0.39 is 5.97 Å². The molecule has 104 valence electrons. The van der Waals surface area contributed by atoms with Crippen LogP contribution >= 0.6 is 11.6 Å². The van der Waals surface area contributed by atoms with Crippen molar-refractivity contribution in [3.8, 4) is 0 Å². The second-order valence-electron chi connectivity index (χ2n) is 4.43. The second kappa shape index (κ2) is 7.11. The van der Waals surface area contributed by atoms with Crippen LogP contribution in [0.25, 0.3) is 0 Å². The van der Waals surface area contributed by atoms with Gasteiger partial charge in [0.2, 0.25) is 0 Å². The fourth-order valence-electron chi connectivity index (χ4n) is 1.51. The number of amides is 1. The predicted molar refractivity (Wildman–Crippen MR) is 73.5 cm³/mol. The van der Waals surface area contributed by atoms with Crippen LogP contribution in [-0.4, -0.2) is 60.5 Å². The van der Waals surface area contributed by atoms with Gasteiger partial charge >= 0.3 is 5.97 Å². The Morgan fingerprint density at radius 3 is 2.21 bits per heavy atom. The van der Waals surface area contributed by atoms with Crippen molar-refractivity contribution in [1.29, 1.82) is 0 Å². The minimum absolute atomic E-state index is 0.305. The van der Waals surface area contributed by atoms with E-state index >= 15 is 0 Å². The molecule has 0 unspecified atom stereocenters. The van der Waals surface area contributed by atoms with Crippen molar-refractivity contribution in [2.24, 2.45) is 0 Å². The number of hydrogen-bond donors (Lipinski definition) is 1. The van der Waals surface area contributed by atoms with E-state index in [1.54, 1.807) is 24.3 Å².